The van der Waals surface area contributed by atoms with Crippen LogP contribution in [0.5, 0.6) is 11.5 Å². The molecule has 1 unspecified atom stereocenters. The average molecular weight is 308 g/mol. The van der Waals surface area contributed by atoms with Crippen molar-refractivity contribution in [3.8, 4) is 11.5 Å². The van der Waals surface area contributed by atoms with Crippen molar-refractivity contribution in [3.63, 3.8) is 0 Å². The minimum atomic E-state index is -0.134. The lowest BCUT2D eigenvalue weighted by Gasteiger charge is -2.20. The lowest BCUT2D eigenvalue weighted by molar-refractivity contribution is 0.384. The van der Waals surface area contributed by atoms with Gasteiger partial charge in [-0.15, -0.1) is 0 Å². The van der Waals surface area contributed by atoms with Gasteiger partial charge in [0.2, 0.25) is 0 Å². The van der Waals surface area contributed by atoms with E-state index in [-0.39, 0.29) is 6.04 Å². The fourth-order valence-corrected chi connectivity index (χ4v) is 2.35. The van der Waals surface area contributed by atoms with Crippen LogP contribution in [0.3, 0.4) is 0 Å². The number of benzene rings is 1. The molecule has 0 fully saturated rings. The van der Waals surface area contributed by atoms with Crippen LogP contribution in [0.2, 0.25) is 5.02 Å². The van der Waals surface area contributed by atoms with Crippen molar-refractivity contribution in [2.45, 2.75) is 12.5 Å². The summed E-state index contributed by atoms with van der Waals surface area (Å²) < 4.78 is 10.6. The van der Waals surface area contributed by atoms with E-state index < -0.39 is 0 Å². The van der Waals surface area contributed by atoms with Crippen molar-refractivity contribution in [2.24, 2.45) is 5.84 Å². The van der Waals surface area contributed by atoms with E-state index in [1.165, 1.54) is 0 Å². The number of nitrogens with zero attached hydrogens (tertiary/aromatic N) is 1. The fraction of sp³-hybridized carbons (Fsp3) is 0.267. The molecule has 0 spiro atoms. The Balaban J connectivity index is 2.31. The molecule has 2 rings (SSSR count). The first-order valence-electron chi connectivity index (χ1n) is 6.46. The van der Waals surface area contributed by atoms with Crippen LogP contribution in [0, 0.1) is 0 Å². The van der Waals surface area contributed by atoms with Crippen LogP contribution in [-0.4, -0.2) is 19.2 Å². The Hall–Kier alpha value is -1.82. The number of pyridine rings is 1. The molecule has 112 valence electrons. The second kappa shape index (κ2) is 7.26. The van der Waals surface area contributed by atoms with Gasteiger partial charge in [0.25, 0.3) is 0 Å². The highest BCUT2D eigenvalue weighted by atomic mass is 35.5. The third-order valence-electron chi connectivity index (χ3n) is 3.30. The molecule has 1 aromatic heterocycles. The Morgan fingerprint density at radius 2 is 2.10 bits per heavy atom. The maximum absolute atomic E-state index is 6.15. The molecular formula is C15H18ClN3O2. The number of hydrogen-bond acceptors (Lipinski definition) is 5. The topological polar surface area (TPSA) is 69.4 Å². The normalized spacial score (nSPS) is 12.0. The van der Waals surface area contributed by atoms with Crippen LogP contribution in [0.25, 0.3) is 0 Å². The van der Waals surface area contributed by atoms with Crippen molar-refractivity contribution < 1.29 is 9.47 Å². The molecule has 6 heteroatoms. The van der Waals surface area contributed by atoms with E-state index in [9.17, 15) is 0 Å². The fourth-order valence-electron chi connectivity index (χ4n) is 2.15. The lowest BCUT2D eigenvalue weighted by Crippen LogP contribution is -2.30. The van der Waals surface area contributed by atoms with Crippen molar-refractivity contribution in [1.29, 1.82) is 0 Å². The molecule has 1 heterocycles. The van der Waals surface area contributed by atoms with Crippen molar-refractivity contribution in [2.75, 3.05) is 14.2 Å². The van der Waals surface area contributed by atoms with E-state index in [4.69, 9.17) is 26.9 Å². The van der Waals surface area contributed by atoms with Gasteiger partial charge in [-0.3, -0.25) is 16.3 Å². The van der Waals surface area contributed by atoms with E-state index in [0.29, 0.717) is 17.2 Å². The summed E-state index contributed by atoms with van der Waals surface area (Å²) in [5.41, 5.74) is 4.71. The van der Waals surface area contributed by atoms with Gasteiger partial charge in [0.1, 0.15) is 11.5 Å². The number of aromatic nitrogens is 1. The Kier molecular flexibility index (Phi) is 5.38. The predicted octanol–water partition coefficient (Wildman–Crippen LogP) is 2.50. The SMILES string of the molecule is COc1ccc(C(Cc2ccncc2Cl)NN)c(OC)c1. The Morgan fingerprint density at radius 3 is 2.71 bits per heavy atom. The first-order valence-corrected chi connectivity index (χ1v) is 6.83. The Labute approximate surface area is 129 Å². The Morgan fingerprint density at radius 1 is 1.29 bits per heavy atom. The molecule has 1 aromatic carbocycles. The summed E-state index contributed by atoms with van der Waals surface area (Å²) in [4.78, 5) is 3.98. The molecule has 0 aliphatic heterocycles. The second-order valence-electron chi connectivity index (χ2n) is 4.50. The second-order valence-corrected chi connectivity index (χ2v) is 4.91. The highest BCUT2D eigenvalue weighted by molar-refractivity contribution is 6.31. The maximum Gasteiger partial charge on any atom is 0.127 e. The van der Waals surface area contributed by atoms with Gasteiger partial charge in [0, 0.05) is 24.0 Å². The smallest absolute Gasteiger partial charge is 0.127 e. The number of ether oxygens (including phenoxy) is 2. The van der Waals surface area contributed by atoms with E-state index in [0.717, 1.165) is 16.9 Å². The summed E-state index contributed by atoms with van der Waals surface area (Å²) in [5.74, 6) is 7.14. The first-order chi connectivity index (χ1) is 10.2. The molecule has 5 nitrogen and oxygen atoms in total. The van der Waals surface area contributed by atoms with E-state index in [1.807, 2.05) is 24.3 Å². The number of halogens is 1. The van der Waals surface area contributed by atoms with Gasteiger partial charge >= 0.3 is 0 Å². The number of rotatable bonds is 6. The molecule has 21 heavy (non-hydrogen) atoms. The monoisotopic (exact) mass is 307 g/mol. The summed E-state index contributed by atoms with van der Waals surface area (Å²) in [6.45, 7) is 0. The van der Waals surface area contributed by atoms with Crippen LogP contribution in [0.1, 0.15) is 17.2 Å². The number of hydrazine groups is 1. The standard InChI is InChI=1S/C15H18ClN3O2/c1-20-11-3-4-12(15(8-11)21-2)14(19-17)7-10-5-6-18-9-13(10)16/h3-6,8-9,14,19H,7,17H2,1-2H3. The number of methoxy groups -OCH3 is 2. The molecule has 0 bridgehead atoms. The summed E-state index contributed by atoms with van der Waals surface area (Å²) in [7, 11) is 3.23. The molecule has 0 aliphatic rings. The van der Waals surface area contributed by atoms with Gasteiger partial charge in [-0.05, 0) is 24.1 Å². The molecule has 0 amide bonds. The molecule has 0 saturated heterocycles. The highest BCUT2D eigenvalue weighted by Crippen LogP contribution is 2.31. The van der Waals surface area contributed by atoms with E-state index in [1.54, 1.807) is 26.6 Å². The molecule has 0 saturated carbocycles. The van der Waals surface area contributed by atoms with Crippen LogP contribution in [-0.2, 0) is 6.42 Å². The zero-order valence-corrected chi connectivity index (χ0v) is 12.7. The zero-order chi connectivity index (χ0) is 15.2. The molecule has 2 aromatic rings. The zero-order valence-electron chi connectivity index (χ0n) is 12.0. The molecule has 0 radical (unpaired) electrons. The third-order valence-corrected chi connectivity index (χ3v) is 3.64. The first kappa shape index (κ1) is 15.6. The van der Waals surface area contributed by atoms with Crippen molar-refractivity contribution in [3.05, 3.63) is 52.8 Å². The van der Waals surface area contributed by atoms with Gasteiger partial charge in [0.05, 0.1) is 25.3 Å². The largest absolute Gasteiger partial charge is 0.497 e. The molecule has 1 atom stereocenters. The summed E-state index contributed by atoms with van der Waals surface area (Å²) in [6, 6.07) is 7.37. The minimum Gasteiger partial charge on any atom is -0.497 e. The van der Waals surface area contributed by atoms with Crippen LogP contribution >= 0.6 is 11.6 Å². The van der Waals surface area contributed by atoms with E-state index in [2.05, 4.69) is 10.4 Å². The van der Waals surface area contributed by atoms with Crippen molar-refractivity contribution in [1.82, 2.24) is 10.4 Å². The van der Waals surface area contributed by atoms with Crippen LogP contribution < -0.4 is 20.7 Å². The maximum atomic E-state index is 6.15. The van der Waals surface area contributed by atoms with Gasteiger partial charge in [-0.25, -0.2) is 0 Å². The van der Waals surface area contributed by atoms with Gasteiger partial charge in [-0.1, -0.05) is 17.7 Å². The van der Waals surface area contributed by atoms with Crippen LogP contribution in [0.4, 0.5) is 0 Å². The van der Waals surface area contributed by atoms with Gasteiger partial charge < -0.3 is 9.47 Å². The average Bonchev–Trinajstić information content (AvgIpc) is 2.53. The predicted molar refractivity (Wildman–Crippen MR) is 82.6 cm³/mol. The number of nitrogens with two attached hydrogens (primary N) is 1. The molecular weight excluding hydrogens is 290 g/mol. The van der Waals surface area contributed by atoms with E-state index >= 15 is 0 Å². The lowest BCUT2D eigenvalue weighted by atomic mass is 9.99. The quantitative estimate of drug-likeness (QED) is 0.634. The summed E-state index contributed by atoms with van der Waals surface area (Å²) in [5, 5.41) is 0.616. The van der Waals surface area contributed by atoms with Crippen molar-refractivity contribution >= 4 is 11.6 Å². The molecule has 3 N–H and O–H groups in total. The van der Waals surface area contributed by atoms with Crippen LogP contribution in [0.15, 0.2) is 36.7 Å². The minimum absolute atomic E-state index is 0.134. The summed E-state index contributed by atoms with van der Waals surface area (Å²) in [6.07, 6.45) is 3.95. The molecule has 0 aliphatic carbocycles. The highest BCUT2D eigenvalue weighted by Gasteiger charge is 2.17. The summed E-state index contributed by atoms with van der Waals surface area (Å²) >= 11 is 6.15. The number of nitrogens with one attached hydrogen (secondary N) is 1. The Bertz CT molecular complexity index is 607. The third kappa shape index (κ3) is 3.64. The van der Waals surface area contributed by atoms with Gasteiger partial charge in [-0.2, -0.15) is 0 Å². The van der Waals surface area contributed by atoms with Gasteiger partial charge in [0.15, 0.2) is 0 Å². The number of hydrogen-bond donors (Lipinski definition) is 2.